The molecular weight excluding hydrogens is 224 g/mol. The molecule has 1 saturated carbocycles. The first-order valence-electron chi connectivity index (χ1n) is 6.98. The third-order valence-electron chi connectivity index (χ3n) is 3.96. The molecule has 1 fully saturated rings. The van der Waals surface area contributed by atoms with E-state index in [1.807, 2.05) is 6.07 Å². The summed E-state index contributed by atoms with van der Waals surface area (Å²) in [6.07, 6.45) is 10.2. The fraction of sp³-hybridized carbons (Fsp3) is 0.562. The zero-order valence-electron chi connectivity index (χ0n) is 11.2. The highest BCUT2D eigenvalue weighted by molar-refractivity contribution is 5.79. The van der Waals surface area contributed by atoms with Crippen LogP contribution in [0.2, 0.25) is 0 Å². The first kappa shape index (κ1) is 13.1. The van der Waals surface area contributed by atoms with Gasteiger partial charge < -0.3 is 4.74 Å². The Bertz CT molecular complexity index is 390. The van der Waals surface area contributed by atoms with Crippen LogP contribution in [0.1, 0.15) is 66.8 Å². The number of rotatable bonds is 3. The number of carbonyl (C=O) groups is 1. The Morgan fingerprint density at radius 2 is 1.78 bits per heavy atom. The van der Waals surface area contributed by atoms with Crippen LogP contribution in [0.4, 0.5) is 0 Å². The summed E-state index contributed by atoms with van der Waals surface area (Å²) < 4.78 is 5.29. The van der Waals surface area contributed by atoms with Gasteiger partial charge in [0, 0.05) is 0 Å². The molecule has 0 spiro atoms. The minimum absolute atomic E-state index is 0.639. The Hall–Kier alpha value is -1.31. The molecular formula is C16H22O2. The molecule has 2 rings (SSSR count). The molecule has 1 aromatic carbocycles. The normalized spacial score (nSPS) is 17.8. The van der Waals surface area contributed by atoms with Crippen molar-refractivity contribution in [3.8, 4) is 5.75 Å². The molecule has 0 bridgehead atoms. The van der Waals surface area contributed by atoms with Crippen molar-refractivity contribution in [2.75, 3.05) is 7.11 Å². The quantitative estimate of drug-likeness (QED) is 0.742. The van der Waals surface area contributed by atoms with Gasteiger partial charge in [0.1, 0.15) is 5.75 Å². The molecule has 0 saturated heterocycles. The minimum Gasteiger partial charge on any atom is -0.496 e. The Kier molecular flexibility index (Phi) is 4.80. The van der Waals surface area contributed by atoms with Gasteiger partial charge >= 0.3 is 0 Å². The van der Waals surface area contributed by atoms with E-state index >= 15 is 0 Å². The van der Waals surface area contributed by atoms with E-state index in [1.165, 1.54) is 50.5 Å². The van der Waals surface area contributed by atoms with Crippen molar-refractivity contribution in [1.82, 2.24) is 0 Å². The standard InChI is InChI=1S/C16H22O2/c1-18-16-11-14(9-10-15(16)12-17)13-7-5-3-2-4-6-8-13/h9-13H,2-8H2,1H3. The van der Waals surface area contributed by atoms with Gasteiger partial charge in [-0.15, -0.1) is 0 Å². The zero-order chi connectivity index (χ0) is 12.8. The van der Waals surface area contributed by atoms with Gasteiger partial charge in [0.25, 0.3) is 0 Å². The van der Waals surface area contributed by atoms with Crippen molar-refractivity contribution >= 4 is 6.29 Å². The van der Waals surface area contributed by atoms with Crippen LogP contribution in [-0.4, -0.2) is 13.4 Å². The summed E-state index contributed by atoms with van der Waals surface area (Å²) in [5, 5.41) is 0. The van der Waals surface area contributed by atoms with E-state index in [2.05, 4.69) is 12.1 Å². The first-order valence-corrected chi connectivity index (χ1v) is 6.98. The number of methoxy groups -OCH3 is 1. The second-order valence-electron chi connectivity index (χ2n) is 5.16. The third kappa shape index (κ3) is 3.12. The Labute approximate surface area is 109 Å². The monoisotopic (exact) mass is 246 g/mol. The molecule has 0 aromatic heterocycles. The van der Waals surface area contributed by atoms with Crippen LogP contribution in [0.25, 0.3) is 0 Å². The SMILES string of the molecule is COc1cc(C2CCCCCCC2)ccc1C=O. The lowest BCUT2D eigenvalue weighted by Gasteiger charge is -2.20. The fourth-order valence-electron chi connectivity index (χ4n) is 2.87. The topological polar surface area (TPSA) is 26.3 Å². The number of hydrogen-bond acceptors (Lipinski definition) is 2. The van der Waals surface area contributed by atoms with E-state index in [4.69, 9.17) is 4.74 Å². The molecule has 0 amide bonds. The molecule has 98 valence electrons. The van der Waals surface area contributed by atoms with Crippen molar-refractivity contribution in [3.63, 3.8) is 0 Å². The Morgan fingerprint density at radius 3 is 2.39 bits per heavy atom. The smallest absolute Gasteiger partial charge is 0.153 e. The lowest BCUT2D eigenvalue weighted by molar-refractivity contribution is 0.112. The average molecular weight is 246 g/mol. The molecule has 2 nitrogen and oxygen atoms in total. The number of ether oxygens (including phenoxy) is 1. The molecule has 18 heavy (non-hydrogen) atoms. The van der Waals surface area contributed by atoms with Gasteiger partial charge in [0.2, 0.25) is 0 Å². The van der Waals surface area contributed by atoms with E-state index in [-0.39, 0.29) is 0 Å². The molecule has 0 N–H and O–H groups in total. The lowest BCUT2D eigenvalue weighted by Crippen LogP contribution is -2.03. The third-order valence-corrected chi connectivity index (χ3v) is 3.96. The van der Waals surface area contributed by atoms with E-state index in [1.54, 1.807) is 7.11 Å². The molecule has 1 aliphatic rings. The fourth-order valence-corrected chi connectivity index (χ4v) is 2.87. The minimum atomic E-state index is 0.639. The van der Waals surface area contributed by atoms with Crippen LogP contribution in [0, 0.1) is 0 Å². The second-order valence-corrected chi connectivity index (χ2v) is 5.16. The highest BCUT2D eigenvalue weighted by atomic mass is 16.5. The summed E-state index contributed by atoms with van der Waals surface area (Å²) in [6.45, 7) is 0. The number of hydrogen-bond donors (Lipinski definition) is 0. The molecule has 0 heterocycles. The maximum atomic E-state index is 10.9. The van der Waals surface area contributed by atoms with Gasteiger partial charge in [-0.2, -0.15) is 0 Å². The van der Waals surface area contributed by atoms with Gasteiger partial charge in [0.15, 0.2) is 6.29 Å². The summed E-state index contributed by atoms with van der Waals surface area (Å²) in [7, 11) is 1.63. The second kappa shape index (κ2) is 6.58. The summed E-state index contributed by atoms with van der Waals surface area (Å²) in [5.74, 6) is 1.35. The molecule has 0 unspecified atom stereocenters. The zero-order valence-corrected chi connectivity index (χ0v) is 11.2. The molecule has 1 aliphatic carbocycles. The molecule has 0 atom stereocenters. The molecule has 0 aliphatic heterocycles. The van der Waals surface area contributed by atoms with Crippen LogP contribution in [0.15, 0.2) is 18.2 Å². The van der Waals surface area contributed by atoms with E-state index in [0.717, 1.165) is 6.29 Å². The van der Waals surface area contributed by atoms with Crippen LogP contribution in [-0.2, 0) is 0 Å². The summed E-state index contributed by atoms with van der Waals surface area (Å²) in [4.78, 5) is 10.9. The lowest BCUT2D eigenvalue weighted by atomic mass is 9.85. The summed E-state index contributed by atoms with van der Waals surface area (Å²) in [6, 6.07) is 6.04. The summed E-state index contributed by atoms with van der Waals surface area (Å²) >= 11 is 0. The Balaban J connectivity index is 2.17. The predicted molar refractivity (Wildman–Crippen MR) is 73.4 cm³/mol. The van der Waals surface area contributed by atoms with E-state index in [0.29, 0.717) is 17.2 Å². The predicted octanol–water partition coefficient (Wildman–Crippen LogP) is 4.34. The van der Waals surface area contributed by atoms with Gasteiger partial charge in [-0.1, -0.05) is 38.2 Å². The molecule has 1 aromatic rings. The van der Waals surface area contributed by atoms with Crippen LogP contribution >= 0.6 is 0 Å². The van der Waals surface area contributed by atoms with Crippen LogP contribution < -0.4 is 4.74 Å². The van der Waals surface area contributed by atoms with Crippen molar-refractivity contribution in [3.05, 3.63) is 29.3 Å². The van der Waals surface area contributed by atoms with Crippen molar-refractivity contribution in [2.45, 2.75) is 50.9 Å². The van der Waals surface area contributed by atoms with Crippen LogP contribution in [0.3, 0.4) is 0 Å². The van der Waals surface area contributed by atoms with Gasteiger partial charge in [-0.25, -0.2) is 0 Å². The first-order chi connectivity index (χ1) is 8.85. The number of benzene rings is 1. The van der Waals surface area contributed by atoms with Gasteiger partial charge in [-0.3, -0.25) is 4.79 Å². The van der Waals surface area contributed by atoms with Crippen molar-refractivity contribution < 1.29 is 9.53 Å². The number of aldehydes is 1. The summed E-state index contributed by atoms with van der Waals surface area (Å²) in [5.41, 5.74) is 1.98. The number of carbonyl (C=O) groups excluding carboxylic acids is 1. The highest BCUT2D eigenvalue weighted by Gasteiger charge is 2.15. The van der Waals surface area contributed by atoms with E-state index < -0.39 is 0 Å². The highest BCUT2D eigenvalue weighted by Crippen LogP contribution is 2.33. The average Bonchev–Trinajstić information content (AvgIpc) is 2.37. The van der Waals surface area contributed by atoms with E-state index in [9.17, 15) is 4.79 Å². The van der Waals surface area contributed by atoms with Gasteiger partial charge in [0.05, 0.1) is 12.7 Å². The maximum Gasteiger partial charge on any atom is 0.153 e. The molecule has 2 heteroatoms. The maximum absolute atomic E-state index is 10.9. The van der Waals surface area contributed by atoms with Crippen LogP contribution in [0.5, 0.6) is 5.75 Å². The van der Waals surface area contributed by atoms with Gasteiger partial charge in [-0.05, 0) is 36.5 Å². The van der Waals surface area contributed by atoms with Crippen molar-refractivity contribution in [1.29, 1.82) is 0 Å². The molecule has 0 radical (unpaired) electrons. The van der Waals surface area contributed by atoms with Crippen molar-refractivity contribution in [2.24, 2.45) is 0 Å². The largest absolute Gasteiger partial charge is 0.496 e. The Morgan fingerprint density at radius 1 is 1.11 bits per heavy atom.